The molecular weight excluding hydrogens is 435 g/mol. The Morgan fingerprint density at radius 1 is 0.935 bits per heavy atom. The number of carbonyl (C=O) groups is 1. The van der Waals surface area contributed by atoms with Gasteiger partial charge in [0.25, 0.3) is 5.91 Å². The highest BCUT2D eigenvalue weighted by atomic mass is 35.5. The number of piperazine rings is 1. The first kappa shape index (κ1) is 20.4. The zero-order valence-electron chi connectivity index (χ0n) is 16.9. The van der Waals surface area contributed by atoms with E-state index >= 15 is 0 Å². The van der Waals surface area contributed by atoms with Crippen molar-refractivity contribution in [3.8, 4) is 0 Å². The standard InChI is InChI=1S/C23H22Cl2N4O2/c24-17-3-1-16(2-4-17)22-14-29-20(15-31-22)13-21(26-29)23(30)28-11-9-27(10-12-28)19-7-5-18(25)6-8-19/h1-8,13,22H,9-12,14-15H2/t22-/m1/s1. The summed E-state index contributed by atoms with van der Waals surface area (Å²) in [5.41, 5.74) is 3.58. The maximum atomic E-state index is 13.1. The van der Waals surface area contributed by atoms with Crippen molar-refractivity contribution in [3.05, 3.63) is 81.6 Å². The molecule has 1 amide bonds. The summed E-state index contributed by atoms with van der Waals surface area (Å²) in [5, 5.41) is 6.02. The van der Waals surface area contributed by atoms with Gasteiger partial charge in [-0.05, 0) is 48.0 Å². The first-order valence-corrected chi connectivity index (χ1v) is 11.1. The van der Waals surface area contributed by atoms with Gasteiger partial charge in [0.15, 0.2) is 5.69 Å². The molecule has 160 valence electrons. The van der Waals surface area contributed by atoms with Crippen LogP contribution in [0.1, 0.15) is 27.8 Å². The molecule has 2 aliphatic heterocycles. The van der Waals surface area contributed by atoms with Gasteiger partial charge < -0.3 is 14.5 Å². The van der Waals surface area contributed by atoms with Crippen LogP contribution in [0.25, 0.3) is 0 Å². The molecule has 2 aromatic carbocycles. The monoisotopic (exact) mass is 456 g/mol. The van der Waals surface area contributed by atoms with Crippen LogP contribution in [0.4, 0.5) is 5.69 Å². The highest BCUT2D eigenvalue weighted by molar-refractivity contribution is 6.30. The maximum Gasteiger partial charge on any atom is 0.274 e. The molecule has 5 rings (SSSR count). The summed E-state index contributed by atoms with van der Waals surface area (Å²) in [6.07, 6.45) is -0.101. The molecule has 0 aliphatic carbocycles. The lowest BCUT2D eigenvalue weighted by molar-refractivity contribution is -0.00121. The molecule has 3 aromatic rings. The highest BCUT2D eigenvalue weighted by Crippen LogP contribution is 2.28. The molecule has 0 bridgehead atoms. The second-order valence-corrected chi connectivity index (χ2v) is 8.68. The van der Waals surface area contributed by atoms with E-state index in [0.717, 1.165) is 35.1 Å². The van der Waals surface area contributed by atoms with E-state index in [1.54, 1.807) is 0 Å². The minimum absolute atomic E-state index is 0.0271. The van der Waals surface area contributed by atoms with Gasteiger partial charge in [-0.15, -0.1) is 0 Å². The van der Waals surface area contributed by atoms with Gasteiger partial charge in [-0.2, -0.15) is 5.10 Å². The number of hydrogen-bond donors (Lipinski definition) is 0. The normalized spacial score (nSPS) is 18.7. The van der Waals surface area contributed by atoms with Crippen molar-refractivity contribution in [3.63, 3.8) is 0 Å². The van der Waals surface area contributed by atoms with Crippen molar-refractivity contribution >= 4 is 34.8 Å². The summed E-state index contributed by atoms with van der Waals surface area (Å²) >= 11 is 12.0. The van der Waals surface area contributed by atoms with Crippen LogP contribution < -0.4 is 4.90 Å². The molecule has 1 saturated heterocycles. The zero-order chi connectivity index (χ0) is 21.4. The molecule has 1 aromatic heterocycles. The fourth-order valence-electron chi connectivity index (χ4n) is 4.09. The Morgan fingerprint density at radius 3 is 2.26 bits per heavy atom. The number of ether oxygens (including phenoxy) is 1. The predicted molar refractivity (Wildman–Crippen MR) is 121 cm³/mol. The topological polar surface area (TPSA) is 50.6 Å². The fourth-order valence-corrected chi connectivity index (χ4v) is 4.34. The Kier molecular flexibility index (Phi) is 5.61. The van der Waals surface area contributed by atoms with Crippen molar-refractivity contribution in [1.29, 1.82) is 0 Å². The molecule has 6 nitrogen and oxygen atoms in total. The quantitative estimate of drug-likeness (QED) is 0.584. The molecule has 2 aliphatic rings. The Morgan fingerprint density at radius 2 is 1.58 bits per heavy atom. The smallest absolute Gasteiger partial charge is 0.274 e. The van der Waals surface area contributed by atoms with Gasteiger partial charge >= 0.3 is 0 Å². The van der Waals surface area contributed by atoms with Crippen LogP contribution in [0.2, 0.25) is 10.0 Å². The predicted octanol–water partition coefficient (Wildman–Crippen LogP) is 4.42. The SMILES string of the molecule is O=C(c1cc2n(n1)C[C@H](c1ccc(Cl)cc1)OC2)N1CCN(c2ccc(Cl)cc2)CC1. The van der Waals surface area contributed by atoms with Crippen LogP contribution in [0, 0.1) is 0 Å². The molecular formula is C23H22Cl2N4O2. The number of anilines is 1. The minimum atomic E-state index is -0.101. The van der Waals surface area contributed by atoms with Crippen LogP contribution in [0.3, 0.4) is 0 Å². The minimum Gasteiger partial charge on any atom is -0.368 e. The number of aromatic nitrogens is 2. The number of nitrogens with zero attached hydrogens (tertiary/aromatic N) is 4. The van der Waals surface area contributed by atoms with Gasteiger partial charge in [0, 0.05) is 41.9 Å². The lowest BCUT2D eigenvalue weighted by Crippen LogP contribution is -2.48. The van der Waals surface area contributed by atoms with Crippen LogP contribution >= 0.6 is 23.2 Å². The van der Waals surface area contributed by atoms with Crippen molar-refractivity contribution in [2.75, 3.05) is 31.1 Å². The second-order valence-electron chi connectivity index (χ2n) is 7.81. The first-order chi connectivity index (χ1) is 15.1. The Bertz CT molecular complexity index is 1070. The molecule has 0 spiro atoms. The van der Waals surface area contributed by atoms with Crippen molar-refractivity contribution in [2.45, 2.75) is 19.3 Å². The largest absolute Gasteiger partial charge is 0.368 e. The third kappa shape index (κ3) is 4.28. The highest BCUT2D eigenvalue weighted by Gasteiger charge is 2.28. The van der Waals surface area contributed by atoms with E-state index in [2.05, 4.69) is 10.00 Å². The van der Waals surface area contributed by atoms with E-state index in [-0.39, 0.29) is 12.0 Å². The van der Waals surface area contributed by atoms with E-state index in [4.69, 9.17) is 27.9 Å². The molecule has 1 atom stereocenters. The maximum absolute atomic E-state index is 13.1. The van der Waals surface area contributed by atoms with Gasteiger partial charge in [0.05, 0.1) is 18.8 Å². The lowest BCUT2D eigenvalue weighted by Gasteiger charge is -2.35. The first-order valence-electron chi connectivity index (χ1n) is 10.3. The molecule has 1 fully saturated rings. The number of benzene rings is 2. The van der Waals surface area contributed by atoms with E-state index in [1.165, 1.54) is 0 Å². The molecule has 0 saturated carbocycles. The van der Waals surface area contributed by atoms with E-state index in [9.17, 15) is 4.79 Å². The van der Waals surface area contributed by atoms with Crippen LogP contribution in [0.15, 0.2) is 54.6 Å². The number of rotatable bonds is 3. The number of fused-ring (bicyclic) bond motifs is 1. The van der Waals surface area contributed by atoms with Gasteiger partial charge in [-0.3, -0.25) is 9.48 Å². The number of halogens is 2. The van der Waals surface area contributed by atoms with Gasteiger partial charge in [-0.25, -0.2) is 0 Å². The summed E-state index contributed by atoms with van der Waals surface area (Å²) in [6.45, 7) is 3.89. The van der Waals surface area contributed by atoms with E-state index in [0.29, 0.717) is 37.0 Å². The summed E-state index contributed by atoms with van der Waals surface area (Å²) in [7, 11) is 0. The molecule has 0 unspecified atom stereocenters. The molecule has 0 N–H and O–H groups in total. The average molecular weight is 457 g/mol. The fraction of sp³-hybridized carbons (Fsp3) is 0.304. The van der Waals surface area contributed by atoms with E-state index in [1.807, 2.05) is 64.2 Å². The Hall–Kier alpha value is -2.54. The summed E-state index contributed by atoms with van der Waals surface area (Å²) in [4.78, 5) is 17.2. The zero-order valence-corrected chi connectivity index (χ0v) is 18.4. The van der Waals surface area contributed by atoms with Crippen molar-refractivity contribution in [2.24, 2.45) is 0 Å². The third-order valence-electron chi connectivity index (χ3n) is 5.85. The van der Waals surface area contributed by atoms with Gasteiger partial charge in [0.1, 0.15) is 6.10 Å². The summed E-state index contributed by atoms with van der Waals surface area (Å²) in [5.74, 6) is -0.0271. The molecule has 31 heavy (non-hydrogen) atoms. The summed E-state index contributed by atoms with van der Waals surface area (Å²) < 4.78 is 7.88. The molecule has 3 heterocycles. The number of amides is 1. The lowest BCUT2D eigenvalue weighted by atomic mass is 10.1. The van der Waals surface area contributed by atoms with Crippen LogP contribution in [-0.2, 0) is 17.9 Å². The Balaban J connectivity index is 1.23. The van der Waals surface area contributed by atoms with Crippen molar-refractivity contribution < 1.29 is 9.53 Å². The van der Waals surface area contributed by atoms with Crippen LogP contribution in [-0.4, -0.2) is 46.8 Å². The third-order valence-corrected chi connectivity index (χ3v) is 6.36. The van der Waals surface area contributed by atoms with Gasteiger partial charge in [-0.1, -0.05) is 35.3 Å². The Labute approximate surface area is 190 Å². The second kappa shape index (κ2) is 8.54. The molecule has 8 heteroatoms. The van der Waals surface area contributed by atoms with Crippen LogP contribution in [0.5, 0.6) is 0 Å². The van der Waals surface area contributed by atoms with E-state index < -0.39 is 0 Å². The number of carbonyl (C=O) groups excluding carboxylic acids is 1. The van der Waals surface area contributed by atoms with Crippen molar-refractivity contribution in [1.82, 2.24) is 14.7 Å². The number of hydrogen-bond acceptors (Lipinski definition) is 4. The molecule has 0 radical (unpaired) electrons. The average Bonchev–Trinajstić information content (AvgIpc) is 3.23. The summed E-state index contributed by atoms with van der Waals surface area (Å²) in [6, 6.07) is 17.3. The van der Waals surface area contributed by atoms with Gasteiger partial charge in [0.2, 0.25) is 0 Å².